The molecular weight excluding hydrogens is 298 g/mol. The standard InChI is InChI=1S/C14H14F2N2O4/c15-9-4-10(16)6-11(5-9)18-7-8(3-12(18)19)14(22)17-2-1-13(20)21/h4-6,8H,1-3,7H2,(H,17,22)(H,20,21)/t8-/m0/s1. The number of rotatable bonds is 5. The fourth-order valence-electron chi connectivity index (χ4n) is 2.26. The summed E-state index contributed by atoms with van der Waals surface area (Å²) in [5.74, 6) is -4.20. The number of hydrogen-bond acceptors (Lipinski definition) is 3. The van der Waals surface area contributed by atoms with Crippen LogP contribution in [0.25, 0.3) is 0 Å². The second kappa shape index (κ2) is 6.50. The van der Waals surface area contributed by atoms with Crippen molar-refractivity contribution >= 4 is 23.5 Å². The zero-order valence-electron chi connectivity index (χ0n) is 11.5. The number of carboxylic acids is 1. The summed E-state index contributed by atoms with van der Waals surface area (Å²) < 4.78 is 26.4. The van der Waals surface area contributed by atoms with Crippen molar-refractivity contribution in [3.8, 4) is 0 Å². The molecule has 1 aliphatic heterocycles. The quantitative estimate of drug-likeness (QED) is 0.846. The minimum atomic E-state index is -1.04. The molecule has 0 radical (unpaired) electrons. The van der Waals surface area contributed by atoms with Crippen molar-refractivity contribution in [2.45, 2.75) is 12.8 Å². The van der Waals surface area contributed by atoms with Crippen molar-refractivity contribution in [1.82, 2.24) is 5.32 Å². The van der Waals surface area contributed by atoms with Crippen molar-refractivity contribution in [2.24, 2.45) is 5.92 Å². The molecule has 0 aliphatic carbocycles. The lowest BCUT2D eigenvalue weighted by Gasteiger charge is -2.17. The molecule has 1 heterocycles. The SMILES string of the molecule is O=C(O)CCNC(=O)[C@H]1CC(=O)N(c2cc(F)cc(F)c2)C1. The number of benzene rings is 1. The fraction of sp³-hybridized carbons (Fsp3) is 0.357. The summed E-state index contributed by atoms with van der Waals surface area (Å²) in [6.45, 7) is -0.0336. The van der Waals surface area contributed by atoms with E-state index in [0.29, 0.717) is 6.07 Å². The lowest BCUT2D eigenvalue weighted by atomic mass is 10.1. The Balaban J connectivity index is 2.01. The first-order valence-electron chi connectivity index (χ1n) is 6.63. The Hall–Kier alpha value is -2.51. The second-order valence-corrected chi connectivity index (χ2v) is 4.97. The van der Waals surface area contributed by atoms with Crippen LogP contribution < -0.4 is 10.2 Å². The number of amides is 2. The maximum Gasteiger partial charge on any atom is 0.305 e. The molecule has 1 aliphatic rings. The molecular formula is C14H14F2N2O4. The van der Waals surface area contributed by atoms with Gasteiger partial charge in [-0.1, -0.05) is 0 Å². The van der Waals surface area contributed by atoms with Crippen LogP contribution >= 0.6 is 0 Å². The van der Waals surface area contributed by atoms with Crippen LogP contribution in [-0.4, -0.2) is 36.0 Å². The molecule has 2 rings (SSSR count). The van der Waals surface area contributed by atoms with E-state index in [1.807, 2.05) is 0 Å². The predicted octanol–water partition coefficient (Wildman–Crippen LogP) is 0.909. The first-order valence-corrected chi connectivity index (χ1v) is 6.63. The Labute approximate surface area is 124 Å². The number of nitrogens with zero attached hydrogens (tertiary/aromatic N) is 1. The van der Waals surface area contributed by atoms with Gasteiger partial charge in [-0.05, 0) is 12.1 Å². The minimum Gasteiger partial charge on any atom is -0.481 e. The highest BCUT2D eigenvalue weighted by Crippen LogP contribution is 2.26. The van der Waals surface area contributed by atoms with Crippen molar-refractivity contribution in [3.05, 3.63) is 29.8 Å². The highest BCUT2D eigenvalue weighted by Gasteiger charge is 2.35. The molecule has 6 nitrogen and oxygen atoms in total. The normalized spacial score (nSPS) is 17.6. The van der Waals surface area contributed by atoms with Crippen LogP contribution in [0.4, 0.5) is 14.5 Å². The largest absolute Gasteiger partial charge is 0.481 e. The van der Waals surface area contributed by atoms with E-state index in [1.165, 1.54) is 0 Å². The topological polar surface area (TPSA) is 86.7 Å². The molecule has 1 aromatic carbocycles. The molecule has 8 heteroatoms. The number of nitrogens with one attached hydrogen (secondary N) is 1. The Morgan fingerprint density at radius 2 is 1.91 bits per heavy atom. The van der Waals surface area contributed by atoms with Crippen LogP contribution in [0.15, 0.2) is 18.2 Å². The molecule has 0 aromatic heterocycles. The predicted molar refractivity (Wildman–Crippen MR) is 72.1 cm³/mol. The molecule has 1 aromatic rings. The number of carbonyl (C=O) groups is 3. The van der Waals surface area contributed by atoms with Gasteiger partial charge in [0.1, 0.15) is 11.6 Å². The Kier molecular flexibility index (Phi) is 4.69. The summed E-state index contributed by atoms with van der Waals surface area (Å²) in [6, 6.07) is 2.73. The number of aliphatic carboxylic acids is 1. The van der Waals surface area contributed by atoms with E-state index in [-0.39, 0.29) is 31.6 Å². The first kappa shape index (κ1) is 15.9. The van der Waals surface area contributed by atoms with Gasteiger partial charge in [0.2, 0.25) is 11.8 Å². The van der Waals surface area contributed by atoms with Gasteiger partial charge in [-0.25, -0.2) is 8.78 Å². The Morgan fingerprint density at radius 3 is 2.50 bits per heavy atom. The van der Waals surface area contributed by atoms with Gasteiger partial charge >= 0.3 is 5.97 Å². The number of carboxylic acid groups (broad SMARTS) is 1. The van der Waals surface area contributed by atoms with Gasteiger partial charge in [0.15, 0.2) is 0 Å². The summed E-state index contributed by atoms with van der Waals surface area (Å²) >= 11 is 0. The van der Waals surface area contributed by atoms with E-state index in [9.17, 15) is 23.2 Å². The van der Waals surface area contributed by atoms with Crippen molar-refractivity contribution < 1.29 is 28.3 Å². The maximum atomic E-state index is 13.2. The second-order valence-electron chi connectivity index (χ2n) is 4.97. The third-order valence-electron chi connectivity index (χ3n) is 3.29. The fourth-order valence-corrected chi connectivity index (χ4v) is 2.26. The Bertz CT molecular complexity index is 601. The highest BCUT2D eigenvalue weighted by molar-refractivity contribution is 6.00. The summed E-state index contributed by atoms with van der Waals surface area (Å²) in [6.07, 6.45) is -0.303. The zero-order chi connectivity index (χ0) is 16.3. The van der Waals surface area contributed by atoms with Gasteiger partial charge in [0.05, 0.1) is 12.3 Å². The third kappa shape index (κ3) is 3.78. The summed E-state index contributed by atoms with van der Waals surface area (Å²) in [4.78, 5) is 35.3. The molecule has 118 valence electrons. The molecule has 2 N–H and O–H groups in total. The molecule has 0 bridgehead atoms. The average Bonchev–Trinajstić information content (AvgIpc) is 2.79. The van der Waals surface area contributed by atoms with Crippen molar-refractivity contribution in [3.63, 3.8) is 0 Å². The van der Waals surface area contributed by atoms with Gasteiger partial charge < -0.3 is 15.3 Å². The van der Waals surface area contributed by atoms with Gasteiger partial charge in [-0.3, -0.25) is 14.4 Å². The van der Waals surface area contributed by atoms with Crippen molar-refractivity contribution in [1.29, 1.82) is 0 Å². The summed E-state index contributed by atoms with van der Waals surface area (Å²) in [5.41, 5.74) is 0.0586. The summed E-state index contributed by atoms with van der Waals surface area (Å²) in [7, 11) is 0. The maximum absolute atomic E-state index is 13.2. The Morgan fingerprint density at radius 1 is 1.27 bits per heavy atom. The van der Waals surface area contributed by atoms with Crippen LogP contribution in [-0.2, 0) is 14.4 Å². The molecule has 1 atom stereocenters. The molecule has 22 heavy (non-hydrogen) atoms. The van der Waals surface area contributed by atoms with Gasteiger partial charge in [0, 0.05) is 31.3 Å². The molecule has 0 saturated carbocycles. The van der Waals surface area contributed by atoms with E-state index in [0.717, 1.165) is 17.0 Å². The molecule has 2 amide bonds. The third-order valence-corrected chi connectivity index (χ3v) is 3.29. The first-order chi connectivity index (χ1) is 10.4. The number of carbonyl (C=O) groups excluding carboxylic acids is 2. The zero-order valence-corrected chi connectivity index (χ0v) is 11.5. The van der Waals surface area contributed by atoms with Gasteiger partial charge in [0.25, 0.3) is 0 Å². The van der Waals surface area contributed by atoms with Gasteiger partial charge in [-0.2, -0.15) is 0 Å². The van der Waals surface area contributed by atoms with Crippen LogP contribution in [0.2, 0.25) is 0 Å². The summed E-state index contributed by atoms with van der Waals surface area (Å²) in [5, 5.41) is 10.9. The van der Waals surface area contributed by atoms with Crippen LogP contribution in [0, 0.1) is 17.6 Å². The number of halogens is 2. The highest BCUT2D eigenvalue weighted by atomic mass is 19.1. The smallest absolute Gasteiger partial charge is 0.305 e. The van der Waals surface area contributed by atoms with E-state index < -0.39 is 35.3 Å². The van der Waals surface area contributed by atoms with E-state index >= 15 is 0 Å². The molecule has 0 unspecified atom stereocenters. The number of hydrogen-bond donors (Lipinski definition) is 2. The monoisotopic (exact) mass is 312 g/mol. The van der Waals surface area contributed by atoms with E-state index in [2.05, 4.69) is 5.32 Å². The van der Waals surface area contributed by atoms with Crippen LogP contribution in [0.1, 0.15) is 12.8 Å². The number of anilines is 1. The van der Waals surface area contributed by atoms with Gasteiger partial charge in [-0.15, -0.1) is 0 Å². The van der Waals surface area contributed by atoms with Crippen molar-refractivity contribution in [2.75, 3.05) is 18.0 Å². The molecule has 1 saturated heterocycles. The molecule has 1 fully saturated rings. The van der Waals surface area contributed by atoms with E-state index in [4.69, 9.17) is 5.11 Å². The van der Waals surface area contributed by atoms with E-state index in [1.54, 1.807) is 0 Å². The lowest BCUT2D eigenvalue weighted by molar-refractivity contribution is -0.137. The van der Waals surface area contributed by atoms with Crippen LogP contribution in [0.3, 0.4) is 0 Å². The molecule has 0 spiro atoms. The average molecular weight is 312 g/mol. The lowest BCUT2D eigenvalue weighted by Crippen LogP contribution is -2.34. The van der Waals surface area contributed by atoms with Crippen LogP contribution in [0.5, 0.6) is 0 Å². The minimum absolute atomic E-state index is 0.000626.